The molecule has 0 aromatic heterocycles. The number of halogens is 1. The molecule has 19 heavy (non-hydrogen) atoms. The summed E-state index contributed by atoms with van der Waals surface area (Å²) in [6, 6.07) is 13.3. The Kier molecular flexibility index (Phi) is 3.69. The van der Waals surface area contributed by atoms with Crippen LogP contribution in [0.15, 0.2) is 42.5 Å². The average Bonchev–Trinajstić information content (AvgIpc) is 2.42. The van der Waals surface area contributed by atoms with Gasteiger partial charge in [-0.15, -0.1) is 0 Å². The maximum Gasteiger partial charge on any atom is 0.255 e. The molecule has 4 nitrogen and oxygen atoms in total. The van der Waals surface area contributed by atoms with Gasteiger partial charge >= 0.3 is 0 Å². The first kappa shape index (κ1) is 12.9. The third-order valence-corrected chi connectivity index (χ3v) is 2.87. The van der Waals surface area contributed by atoms with Gasteiger partial charge in [0.15, 0.2) is 0 Å². The van der Waals surface area contributed by atoms with Crippen LogP contribution in [0, 0.1) is 11.3 Å². The number of hydrogen-bond acceptors (Lipinski definition) is 3. The van der Waals surface area contributed by atoms with Crippen LogP contribution in [0.25, 0.3) is 0 Å². The van der Waals surface area contributed by atoms with Gasteiger partial charge in [0.1, 0.15) is 0 Å². The number of nitrogens with one attached hydrogen (secondary N) is 1. The number of nitrogens with zero attached hydrogens (tertiary/aromatic N) is 1. The molecular formula is C14H10ClN3O. The van der Waals surface area contributed by atoms with Gasteiger partial charge in [-0.25, -0.2) is 0 Å². The largest absolute Gasteiger partial charge is 0.398 e. The van der Waals surface area contributed by atoms with Crippen LogP contribution >= 0.6 is 11.6 Å². The molecule has 0 radical (unpaired) electrons. The Morgan fingerprint density at radius 3 is 2.47 bits per heavy atom. The lowest BCUT2D eigenvalue weighted by molar-refractivity contribution is 0.102. The van der Waals surface area contributed by atoms with Crippen molar-refractivity contribution in [1.29, 1.82) is 5.26 Å². The maximum atomic E-state index is 12.0. The minimum Gasteiger partial charge on any atom is -0.398 e. The van der Waals surface area contributed by atoms with Crippen LogP contribution in [0.3, 0.4) is 0 Å². The lowest BCUT2D eigenvalue weighted by Crippen LogP contribution is -2.12. The molecule has 2 aromatic carbocycles. The summed E-state index contributed by atoms with van der Waals surface area (Å²) in [7, 11) is 0. The highest BCUT2D eigenvalue weighted by Gasteiger charge is 2.07. The minimum absolute atomic E-state index is 0.284. The van der Waals surface area contributed by atoms with Crippen molar-refractivity contribution in [2.45, 2.75) is 0 Å². The number of hydrogen-bond donors (Lipinski definition) is 2. The van der Waals surface area contributed by atoms with E-state index < -0.39 is 0 Å². The highest BCUT2D eigenvalue weighted by atomic mass is 35.5. The number of carbonyl (C=O) groups is 1. The molecule has 0 atom stereocenters. The lowest BCUT2D eigenvalue weighted by atomic mass is 10.1. The monoisotopic (exact) mass is 271 g/mol. The van der Waals surface area contributed by atoms with Crippen molar-refractivity contribution < 1.29 is 4.79 Å². The zero-order valence-electron chi connectivity index (χ0n) is 9.85. The molecule has 0 fully saturated rings. The molecule has 2 rings (SSSR count). The van der Waals surface area contributed by atoms with E-state index in [2.05, 4.69) is 5.32 Å². The van der Waals surface area contributed by atoms with Gasteiger partial charge in [-0.05, 0) is 42.5 Å². The van der Waals surface area contributed by atoms with E-state index in [1.165, 1.54) is 6.07 Å². The third kappa shape index (κ3) is 3.03. The number of amides is 1. The third-order valence-electron chi connectivity index (χ3n) is 2.53. The fourth-order valence-electron chi connectivity index (χ4n) is 1.52. The Bertz CT molecular complexity index is 659. The van der Waals surface area contributed by atoms with E-state index in [1.54, 1.807) is 36.4 Å². The van der Waals surface area contributed by atoms with Crippen LogP contribution in [0.1, 0.15) is 15.9 Å². The smallest absolute Gasteiger partial charge is 0.255 e. The van der Waals surface area contributed by atoms with Crippen LogP contribution < -0.4 is 11.1 Å². The molecular weight excluding hydrogens is 262 g/mol. The first-order valence-electron chi connectivity index (χ1n) is 5.46. The summed E-state index contributed by atoms with van der Waals surface area (Å²) in [6.07, 6.45) is 0. The highest BCUT2D eigenvalue weighted by molar-refractivity contribution is 6.33. The molecule has 0 saturated carbocycles. The van der Waals surface area contributed by atoms with Gasteiger partial charge in [-0.1, -0.05) is 11.6 Å². The van der Waals surface area contributed by atoms with E-state index in [4.69, 9.17) is 22.6 Å². The zero-order chi connectivity index (χ0) is 13.8. The molecule has 0 spiro atoms. The molecule has 1 amide bonds. The van der Waals surface area contributed by atoms with E-state index in [1.807, 2.05) is 6.07 Å². The number of nitrogens with two attached hydrogens (primary N) is 1. The Morgan fingerprint density at radius 2 is 1.89 bits per heavy atom. The molecule has 0 aliphatic carbocycles. The van der Waals surface area contributed by atoms with E-state index in [0.29, 0.717) is 27.5 Å². The van der Waals surface area contributed by atoms with Crippen molar-refractivity contribution in [3.63, 3.8) is 0 Å². The molecule has 2 aromatic rings. The molecule has 0 bridgehead atoms. The van der Waals surface area contributed by atoms with Gasteiger partial charge in [0, 0.05) is 11.3 Å². The van der Waals surface area contributed by atoms with E-state index >= 15 is 0 Å². The second kappa shape index (κ2) is 5.42. The first-order valence-corrected chi connectivity index (χ1v) is 5.84. The van der Waals surface area contributed by atoms with Crippen LogP contribution in [0.2, 0.25) is 5.02 Å². The molecule has 0 heterocycles. The summed E-state index contributed by atoms with van der Waals surface area (Å²) in [6.45, 7) is 0. The number of nitrogen functional groups attached to an aromatic ring is 1. The summed E-state index contributed by atoms with van der Waals surface area (Å²) >= 11 is 5.79. The molecule has 0 aliphatic heterocycles. The van der Waals surface area contributed by atoms with Gasteiger partial charge < -0.3 is 11.1 Å². The number of nitriles is 1. The lowest BCUT2D eigenvalue weighted by Gasteiger charge is -2.06. The standard InChI is InChI=1S/C14H10ClN3O/c15-12-6-3-10(7-13(12)17)14(19)18-11-4-1-9(8-16)2-5-11/h1-7H,17H2,(H,18,19). The van der Waals surface area contributed by atoms with Crippen LogP contribution in [-0.4, -0.2) is 5.91 Å². The molecule has 0 saturated heterocycles. The first-order chi connectivity index (χ1) is 9.10. The van der Waals surface area contributed by atoms with Gasteiger partial charge in [-0.2, -0.15) is 5.26 Å². The van der Waals surface area contributed by atoms with Crippen molar-refractivity contribution in [2.75, 3.05) is 11.1 Å². The Morgan fingerprint density at radius 1 is 1.21 bits per heavy atom. The van der Waals surface area contributed by atoms with E-state index in [9.17, 15) is 4.79 Å². The highest BCUT2D eigenvalue weighted by Crippen LogP contribution is 2.20. The van der Waals surface area contributed by atoms with Gasteiger partial charge in [0.25, 0.3) is 5.91 Å². The fraction of sp³-hybridized carbons (Fsp3) is 0. The van der Waals surface area contributed by atoms with Crippen molar-refractivity contribution in [1.82, 2.24) is 0 Å². The topological polar surface area (TPSA) is 78.9 Å². The summed E-state index contributed by atoms with van der Waals surface area (Å²) in [5.41, 5.74) is 7.56. The summed E-state index contributed by atoms with van der Waals surface area (Å²) in [5.74, 6) is -0.284. The SMILES string of the molecule is N#Cc1ccc(NC(=O)c2ccc(Cl)c(N)c2)cc1. The predicted molar refractivity (Wildman–Crippen MR) is 75.0 cm³/mol. The second-order valence-corrected chi connectivity index (χ2v) is 4.29. The summed E-state index contributed by atoms with van der Waals surface area (Å²) in [4.78, 5) is 12.0. The number of rotatable bonds is 2. The van der Waals surface area contributed by atoms with Crippen molar-refractivity contribution in [2.24, 2.45) is 0 Å². The average molecular weight is 272 g/mol. The summed E-state index contributed by atoms with van der Waals surface area (Å²) in [5, 5.41) is 11.8. The van der Waals surface area contributed by atoms with Crippen LogP contribution in [-0.2, 0) is 0 Å². The Balaban J connectivity index is 2.16. The van der Waals surface area contributed by atoms with Gasteiger partial charge in [0.05, 0.1) is 22.3 Å². The number of benzene rings is 2. The molecule has 0 unspecified atom stereocenters. The van der Waals surface area contributed by atoms with E-state index in [0.717, 1.165) is 0 Å². The van der Waals surface area contributed by atoms with Crippen LogP contribution in [0.4, 0.5) is 11.4 Å². The Labute approximate surface area is 115 Å². The molecule has 3 N–H and O–H groups in total. The quantitative estimate of drug-likeness (QED) is 0.824. The van der Waals surface area contributed by atoms with Crippen LogP contribution in [0.5, 0.6) is 0 Å². The number of carbonyl (C=O) groups excluding carboxylic acids is 1. The molecule has 5 heteroatoms. The van der Waals surface area contributed by atoms with Crippen molar-refractivity contribution in [3.8, 4) is 6.07 Å². The predicted octanol–water partition coefficient (Wildman–Crippen LogP) is 3.05. The van der Waals surface area contributed by atoms with Gasteiger partial charge in [-0.3, -0.25) is 4.79 Å². The molecule has 0 aliphatic rings. The molecule has 94 valence electrons. The number of anilines is 2. The van der Waals surface area contributed by atoms with Gasteiger partial charge in [0.2, 0.25) is 0 Å². The Hall–Kier alpha value is -2.51. The van der Waals surface area contributed by atoms with E-state index in [-0.39, 0.29) is 5.91 Å². The summed E-state index contributed by atoms with van der Waals surface area (Å²) < 4.78 is 0. The van der Waals surface area contributed by atoms with Crippen molar-refractivity contribution in [3.05, 3.63) is 58.6 Å². The maximum absolute atomic E-state index is 12.0. The minimum atomic E-state index is -0.284. The second-order valence-electron chi connectivity index (χ2n) is 3.88. The fourth-order valence-corrected chi connectivity index (χ4v) is 1.63. The zero-order valence-corrected chi connectivity index (χ0v) is 10.6. The van der Waals surface area contributed by atoms with Crippen molar-refractivity contribution >= 4 is 28.9 Å². The normalized spacial score (nSPS) is 9.68.